The second-order valence-corrected chi connectivity index (χ2v) is 4.53. The lowest BCUT2D eigenvalue weighted by atomic mass is 10.1. The third-order valence-electron chi connectivity index (χ3n) is 3.25. The van der Waals surface area contributed by atoms with Crippen LogP contribution in [0.3, 0.4) is 0 Å². The van der Waals surface area contributed by atoms with Gasteiger partial charge in [-0.2, -0.15) is 0 Å². The Morgan fingerprint density at radius 1 is 1.23 bits per heavy atom. The number of nitro benzene ring substituents is 1. The van der Waals surface area contributed by atoms with Crippen LogP contribution in [0.4, 0.5) is 11.4 Å². The molecule has 2 rings (SSSR count). The minimum atomic E-state index is -0.561. The van der Waals surface area contributed by atoms with Gasteiger partial charge in [-0.05, 0) is 31.2 Å². The minimum Gasteiger partial charge on any atom is -0.490 e. The van der Waals surface area contributed by atoms with Crippen molar-refractivity contribution >= 4 is 17.3 Å². The summed E-state index contributed by atoms with van der Waals surface area (Å²) >= 11 is 0. The molecule has 0 bridgehead atoms. The molecule has 2 aromatic rings. The number of amides is 1. The first-order valence-corrected chi connectivity index (χ1v) is 6.77. The number of anilines is 1. The van der Waals surface area contributed by atoms with Gasteiger partial charge < -0.3 is 9.64 Å². The number of hydrogen-bond acceptors (Lipinski definition) is 4. The molecule has 0 saturated heterocycles. The van der Waals surface area contributed by atoms with E-state index in [0.29, 0.717) is 6.54 Å². The smallest absolute Gasteiger partial charge is 0.311 e. The first kappa shape index (κ1) is 15.5. The van der Waals surface area contributed by atoms with Gasteiger partial charge in [0.05, 0.1) is 12.0 Å². The van der Waals surface area contributed by atoms with Gasteiger partial charge in [0.2, 0.25) is 0 Å². The van der Waals surface area contributed by atoms with E-state index >= 15 is 0 Å². The fourth-order valence-electron chi connectivity index (χ4n) is 2.17. The zero-order valence-corrected chi connectivity index (χ0v) is 12.4. The lowest BCUT2D eigenvalue weighted by Crippen LogP contribution is -2.30. The maximum absolute atomic E-state index is 12.6. The van der Waals surface area contributed by atoms with Crippen LogP contribution in [0.2, 0.25) is 0 Å². The van der Waals surface area contributed by atoms with Crippen LogP contribution in [0.15, 0.2) is 48.5 Å². The summed E-state index contributed by atoms with van der Waals surface area (Å²) in [5.41, 5.74) is 0.768. The van der Waals surface area contributed by atoms with Crippen molar-refractivity contribution in [3.05, 3.63) is 64.2 Å². The molecule has 6 heteroatoms. The summed E-state index contributed by atoms with van der Waals surface area (Å²) in [6.45, 7) is 2.31. The molecule has 0 saturated carbocycles. The standard InChI is InChI=1S/C16H16N2O4/c1-3-17(13-7-5-4-6-8-13)16(19)12-9-10-15(22-2)14(11-12)18(20)21/h4-11H,3H2,1-2H3. The van der Waals surface area contributed by atoms with E-state index in [1.807, 2.05) is 37.3 Å². The van der Waals surface area contributed by atoms with Crippen molar-refractivity contribution in [3.63, 3.8) is 0 Å². The number of benzene rings is 2. The number of rotatable bonds is 5. The van der Waals surface area contributed by atoms with Crippen molar-refractivity contribution in [1.82, 2.24) is 0 Å². The minimum absolute atomic E-state index is 0.129. The molecule has 2 aromatic carbocycles. The fourth-order valence-corrected chi connectivity index (χ4v) is 2.17. The number of carbonyl (C=O) groups is 1. The Balaban J connectivity index is 2.40. The average molecular weight is 300 g/mol. The summed E-state index contributed by atoms with van der Waals surface area (Å²) < 4.78 is 4.95. The summed E-state index contributed by atoms with van der Waals surface area (Å²) in [4.78, 5) is 24.7. The van der Waals surface area contributed by atoms with E-state index in [0.717, 1.165) is 5.69 Å². The van der Waals surface area contributed by atoms with Crippen LogP contribution in [0, 0.1) is 10.1 Å². The zero-order valence-electron chi connectivity index (χ0n) is 12.4. The molecule has 22 heavy (non-hydrogen) atoms. The van der Waals surface area contributed by atoms with Gasteiger partial charge >= 0.3 is 5.69 Å². The number of methoxy groups -OCH3 is 1. The first-order valence-electron chi connectivity index (χ1n) is 6.77. The molecule has 1 amide bonds. The van der Waals surface area contributed by atoms with E-state index in [1.54, 1.807) is 4.90 Å². The Bertz CT molecular complexity index is 686. The number of nitrogens with zero attached hydrogens (tertiary/aromatic N) is 2. The molecular formula is C16H16N2O4. The third kappa shape index (κ3) is 3.06. The molecule has 0 aliphatic heterocycles. The van der Waals surface area contributed by atoms with Gasteiger partial charge in [0.25, 0.3) is 5.91 Å². The van der Waals surface area contributed by atoms with E-state index < -0.39 is 4.92 Å². The maximum atomic E-state index is 12.6. The van der Waals surface area contributed by atoms with Crippen molar-refractivity contribution < 1.29 is 14.5 Å². The van der Waals surface area contributed by atoms with E-state index in [-0.39, 0.29) is 22.9 Å². The molecule has 0 aromatic heterocycles. The zero-order chi connectivity index (χ0) is 16.1. The van der Waals surface area contributed by atoms with Crippen molar-refractivity contribution in [1.29, 1.82) is 0 Å². The lowest BCUT2D eigenvalue weighted by Gasteiger charge is -2.21. The van der Waals surface area contributed by atoms with Crippen LogP contribution in [-0.2, 0) is 0 Å². The average Bonchev–Trinajstić information content (AvgIpc) is 2.55. The highest BCUT2D eigenvalue weighted by Crippen LogP contribution is 2.28. The summed E-state index contributed by atoms with van der Waals surface area (Å²) in [7, 11) is 1.35. The molecule has 0 heterocycles. The maximum Gasteiger partial charge on any atom is 0.311 e. The first-order chi connectivity index (χ1) is 10.6. The molecule has 0 aliphatic carbocycles. The van der Waals surface area contributed by atoms with E-state index in [4.69, 9.17) is 4.74 Å². The van der Waals surface area contributed by atoms with Gasteiger partial charge in [0.15, 0.2) is 5.75 Å². The number of para-hydroxylation sites is 1. The number of nitro groups is 1. The Morgan fingerprint density at radius 3 is 2.45 bits per heavy atom. The Morgan fingerprint density at radius 2 is 1.91 bits per heavy atom. The Labute approximate surface area is 128 Å². The number of carbonyl (C=O) groups excluding carboxylic acids is 1. The molecule has 0 unspecified atom stereocenters. The lowest BCUT2D eigenvalue weighted by molar-refractivity contribution is -0.385. The van der Waals surface area contributed by atoms with E-state index in [1.165, 1.54) is 25.3 Å². The molecule has 0 N–H and O–H groups in total. The molecular weight excluding hydrogens is 284 g/mol. The van der Waals surface area contributed by atoms with Crippen molar-refractivity contribution in [2.75, 3.05) is 18.6 Å². The van der Waals surface area contributed by atoms with Gasteiger partial charge in [-0.15, -0.1) is 0 Å². The second kappa shape index (κ2) is 6.71. The highest BCUT2D eigenvalue weighted by atomic mass is 16.6. The predicted octanol–water partition coefficient (Wildman–Crippen LogP) is 3.27. The predicted molar refractivity (Wildman–Crippen MR) is 83.4 cm³/mol. The van der Waals surface area contributed by atoms with E-state index in [9.17, 15) is 14.9 Å². The quantitative estimate of drug-likeness (QED) is 0.627. The molecule has 0 spiro atoms. The highest BCUT2D eigenvalue weighted by Gasteiger charge is 2.21. The van der Waals surface area contributed by atoms with Crippen LogP contribution < -0.4 is 9.64 Å². The van der Waals surface area contributed by atoms with Crippen LogP contribution in [0.25, 0.3) is 0 Å². The van der Waals surface area contributed by atoms with Crippen LogP contribution in [0.1, 0.15) is 17.3 Å². The third-order valence-corrected chi connectivity index (χ3v) is 3.25. The summed E-state index contributed by atoms with van der Waals surface area (Å²) in [5.74, 6) is -0.163. The molecule has 114 valence electrons. The van der Waals surface area contributed by atoms with Gasteiger partial charge in [0, 0.05) is 23.9 Å². The molecule has 0 fully saturated rings. The summed E-state index contributed by atoms with van der Waals surface area (Å²) in [5, 5.41) is 11.1. The van der Waals surface area contributed by atoms with Gasteiger partial charge in [0.1, 0.15) is 0 Å². The largest absolute Gasteiger partial charge is 0.490 e. The summed E-state index contributed by atoms with van der Waals surface area (Å²) in [6.07, 6.45) is 0. The topological polar surface area (TPSA) is 72.7 Å². The Hall–Kier alpha value is -2.89. The SMILES string of the molecule is CCN(C(=O)c1ccc(OC)c([N+](=O)[O-])c1)c1ccccc1. The molecule has 0 aliphatic rings. The number of ether oxygens (including phenoxy) is 1. The van der Waals surface area contributed by atoms with Gasteiger partial charge in [-0.1, -0.05) is 18.2 Å². The van der Waals surface area contributed by atoms with Crippen molar-refractivity contribution in [2.45, 2.75) is 6.92 Å². The fraction of sp³-hybridized carbons (Fsp3) is 0.188. The van der Waals surface area contributed by atoms with Gasteiger partial charge in [-0.3, -0.25) is 14.9 Å². The monoisotopic (exact) mass is 300 g/mol. The molecule has 6 nitrogen and oxygen atoms in total. The van der Waals surface area contributed by atoms with Crippen LogP contribution in [0.5, 0.6) is 5.75 Å². The van der Waals surface area contributed by atoms with E-state index in [2.05, 4.69) is 0 Å². The van der Waals surface area contributed by atoms with Gasteiger partial charge in [-0.25, -0.2) is 0 Å². The Kier molecular flexibility index (Phi) is 4.73. The molecule has 0 radical (unpaired) electrons. The van der Waals surface area contributed by atoms with Crippen LogP contribution in [-0.4, -0.2) is 24.5 Å². The van der Waals surface area contributed by atoms with Crippen molar-refractivity contribution in [2.24, 2.45) is 0 Å². The number of hydrogen-bond donors (Lipinski definition) is 0. The summed E-state index contributed by atoms with van der Waals surface area (Å²) in [6, 6.07) is 13.4. The molecule has 0 atom stereocenters. The normalized spacial score (nSPS) is 10.1. The van der Waals surface area contributed by atoms with Crippen molar-refractivity contribution in [3.8, 4) is 5.75 Å². The van der Waals surface area contributed by atoms with Crippen LogP contribution >= 0.6 is 0 Å². The second-order valence-electron chi connectivity index (χ2n) is 4.53. The highest BCUT2D eigenvalue weighted by molar-refractivity contribution is 6.06.